The molecule has 5 aromatic rings. The number of carbonyl (C=O) groups excluding carboxylic acids is 1. The van der Waals surface area contributed by atoms with E-state index in [1.165, 1.54) is 24.8 Å². The number of halogens is 7. The topological polar surface area (TPSA) is 127 Å². The molecule has 2 aliphatic rings. The van der Waals surface area contributed by atoms with Crippen LogP contribution in [0.15, 0.2) is 42.5 Å². The number of hydrogen-bond donors (Lipinski definition) is 3. The Kier molecular flexibility index (Phi) is 10.2. The first-order valence-electron chi connectivity index (χ1n) is 17.4. The summed E-state index contributed by atoms with van der Waals surface area (Å²) in [6, 6.07) is 7.89. The zero-order valence-electron chi connectivity index (χ0n) is 30.2. The minimum Gasteiger partial charge on any atom is -0.378 e. The number of aliphatic hydroxyl groups is 1. The second-order valence-electron chi connectivity index (χ2n) is 14.4. The predicted octanol–water partition coefficient (Wildman–Crippen LogP) is 7.23. The fourth-order valence-corrected chi connectivity index (χ4v) is 8.21. The number of amides is 1. The Morgan fingerprint density at radius 1 is 1.09 bits per heavy atom. The Labute approximate surface area is 324 Å². The second kappa shape index (κ2) is 14.5. The van der Waals surface area contributed by atoms with E-state index in [0.717, 1.165) is 12.1 Å². The van der Waals surface area contributed by atoms with Crippen molar-refractivity contribution >= 4 is 45.2 Å². The third kappa shape index (κ3) is 7.37. The van der Waals surface area contributed by atoms with Crippen molar-refractivity contribution in [1.29, 1.82) is 0 Å². The van der Waals surface area contributed by atoms with Gasteiger partial charge in [0.25, 0.3) is 12.3 Å². The summed E-state index contributed by atoms with van der Waals surface area (Å²) >= 11 is 6.63. The summed E-state index contributed by atoms with van der Waals surface area (Å²) in [5.74, 6) is -2.56. The van der Waals surface area contributed by atoms with Gasteiger partial charge in [-0.05, 0) is 80.8 Å². The molecule has 0 aliphatic heterocycles. The van der Waals surface area contributed by atoms with Crippen molar-refractivity contribution in [2.45, 2.75) is 69.6 Å². The summed E-state index contributed by atoms with van der Waals surface area (Å²) in [4.78, 5) is 18.7. The smallest absolute Gasteiger partial charge is 0.293 e. The van der Waals surface area contributed by atoms with Crippen LogP contribution in [0.1, 0.15) is 79.0 Å². The van der Waals surface area contributed by atoms with Crippen molar-refractivity contribution < 1.29 is 40.5 Å². The number of fused-ring (bicyclic) bond motifs is 4. The minimum absolute atomic E-state index is 0.0790. The van der Waals surface area contributed by atoms with Crippen molar-refractivity contribution in [1.82, 2.24) is 29.9 Å². The molecular formula is C38H34ClF6N7O3S. The molecule has 0 saturated heterocycles. The zero-order chi connectivity index (χ0) is 40.4. The van der Waals surface area contributed by atoms with Gasteiger partial charge in [-0.1, -0.05) is 23.6 Å². The van der Waals surface area contributed by atoms with Crippen LogP contribution in [0.3, 0.4) is 0 Å². The van der Waals surface area contributed by atoms with Gasteiger partial charge in [-0.2, -0.15) is 19.0 Å². The molecule has 7 rings (SSSR count). The van der Waals surface area contributed by atoms with Crippen LogP contribution >= 0.6 is 11.6 Å². The quantitative estimate of drug-likeness (QED) is 0.101. The summed E-state index contributed by atoms with van der Waals surface area (Å²) in [7, 11) is 0.0828. The van der Waals surface area contributed by atoms with Crippen LogP contribution in [0.2, 0.25) is 5.02 Å². The maximum atomic E-state index is 15.6. The van der Waals surface area contributed by atoms with E-state index in [2.05, 4.69) is 32.1 Å². The molecule has 1 unspecified atom stereocenters. The van der Waals surface area contributed by atoms with E-state index in [1.807, 2.05) is 0 Å². The van der Waals surface area contributed by atoms with Gasteiger partial charge in [0.2, 0.25) is 5.91 Å². The van der Waals surface area contributed by atoms with Crippen LogP contribution in [-0.2, 0) is 41.7 Å². The molecule has 2 aromatic carbocycles. The van der Waals surface area contributed by atoms with Gasteiger partial charge >= 0.3 is 0 Å². The molecule has 3 heterocycles. The molecule has 3 N–H and O–H groups in total. The maximum Gasteiger partial charge on any atom is 0.293 e. The monoisotopic (exact) mass is 817 g/mol. The standard InChI is InChI=1S/C38H34ClF6N7O3S/c1-37(2,54)12-11-21-5-6-22(23-8-10-26(39)30-33(23)51(3)49-36(30)50-56(4)55)31(46-21)27(15-18-13-19(40)16-20(41)14-18)47-28(53)17-52-34-29(32(48-52)35(42)43)24-7-9-25(24)38(34,44)45/h5-6,8,10,13-14,16,24-25,27,35,54H,7,9,15,17H2,1-4H3,(H,47,53)(H,49,50)/t24-,25+,27-,56?/m0/s1. The summed E-state index contributed by atoms with van der Waals surface area (Å²) in [5.41, 5.74) is -1.66. The summed E-state index contributed by atoms with van der Waals surface area (Å²) < 4.78 is 106. The molecule has 4 atom stereocenters. The Morgan fingerprint density at radius 3 is 2.41 bits per heavy atom. The van der Waals surface area contributed by atoms with Crippen molar-refractivity contribution in [3.8, 4) is 23.0 Å². The molecule has 294 valence electrons. The average molecular weight is 818 g/mol. The fraction of sp³-hybridized carbons (Fsp3) is 0.368. The molecule has 0 bridgehead atoms. The predicted molar refractivity (Wildman–Crippen MR) is 197 cm³/mol. The molecule has 1 amide bonds. The maximum absolute atomic E-state index is 15.6. The lowest BCUT2D eigenvalue weighted by molar-refractivity contribution is -0.123. The number of carbonyl (C=O) groups is 1. The molecular weight excluding hydrogens is 784 g/mol. The Morgan fingerprint density at radius 2 is 1.79 bits per heavy atom. The van der Waals surface area contributed by atoms with Gasteiger partial charge in [0, 0.05) is 42.0 Å². The number of rotatable bonds is 10. The first kappa shape index (κ1) is 39.3. The van der Waals surface area contributed by atoms with Crippen molar-refractivity contribution in [3.05, 3.63) is 93.0 Å². The Hall–Kier alpha value is -4.92. The highest BCUT2D eigenvalue weighted by Crippen LogP contribution is 2.63. The van der Waals surface area contributed by atoms with Gasteiger partial charge in [0.1, 0.15) is 51.8 Å². The molecule has 10 nitrogen and oxygen atoms in total. The molecule has 56 heavy (non-hydrogen) atoms. The lowest BCUT2D eigenvalue weighted by Crippen LogP contribution is -2.36. The van der Waals surface area contributed by atoms with Gasteiger partial charge in [0.15, 0.2) is 5.82 Å². The summed E-state index contributed by atoms with van der Waals surface area (Å²) in [6.45, 7) is 2.03. The molecule has 1 fully saturated rings. The van der Waals surface area contributed by atoms with Crippen LogP contribution in [-0.4, -0.2) is 51.6 Å². The number of aryl methyl sites for hydroxylation is 1. The fourth-order valence-electron chi connectivity index (χ4n) is 7.56. The van der Waals surface area contributed by atoms with Crippen LogP contribution in [0.5, 0.6) is 0 Å². The van der Waals surface area contributed by atoms with E-state index in [0.29, 0.717) is 39.2 Å². The van der Waals surface area contributed by atoms with E-state index >= 15 is 8.78 Å². The van der Waals surface area contributed by atoms with Crippen LogP contribution in [0.25, 0.3) is 22.0 Å². The van der Waals surface area contributed by atoms with E-state index < -0.39 is 82.3 Å². The average Bonchev–Trinajstić information content (AvgIpc) is 3.64. The second-order valence-corrected chi connectivity index (χ2v) is 15.9. The van der Waals surface area contributed by atoms with Gasteiger partial charge < -0.3 is 10.4 Å². The number of pyridine rings is 1. The van der Waals surface area contributed by atoms with E-state index in [1.54, 1.807) is 31.3 Å². The summed E-state index contributed by atoms with van der Waals surface area (Å²) in [6.07, 6.45) is -1.62. The highest BCUT2D eigenvalue weighted by atomic mass is 35.5. The van der Waals surface area contributed by atoms with Crippen LogP contribution in [0, 0.1) is 29.4 Å². The molecule has 0 spiro atoms. The van der Waals surface area contributed by atoms with Gasteiger partial charge in [-0.25, -0.2) is 26.8 Å². The number of anilines is 1. The molecule has 1 saturated carbocycles. The first-order chi connectivity index (χ1) is 26.3. The zero-order valence-corrected chi connectivity index (χ0v) is 31.8. The Bertz CT molecular complexity index is 2470. The number of nitrogens with one attached hydrogen (secondary N) is 2. The van der Waals surface area contributed by atoms with Crippen molar-refractivity contribution in [2.75, 3.05) is 11.0 Å². The number of benzene rings is 2. The number of aromatic nitrogens is 5. The minimum atomic E-state index is -3.50. The highest BCUT2D eigenvalue weighted by molar-refractivity contribution is 7.85. The van der Waals surface area contributed by atoms with E-state index in [4.69, 9.17) is 16.6 Å². The van der Waals surface area contributed by atoms with Crippen molar-refractivity contribution in [2.24, 2.45) is 13.0 Å². The Balaban J connectivity index is 1.38. The van der Waals surface area contributed by atoms with Gasteiger partial charge in [0.05, 0.1) is 27.7 Å². The highest BCUT2D eigenvalue weighted by Gasteiger charge is 2.62. The normalized spacial score (nSPS) is 18.2. The molecule has 2 aliphatic carbocycles. The molecule has 0 radical (unpaired) electrons. The third-order valence-corrected chi connectivity index (χ3v) is 10.7. The number of nitrogens with zero attached hydrogens (tertiary/aromatic N) is 5. The van der Waals surface area contributed by atoms with E-state index in [-0.39, 0.29) is 46.2 Å². The lowest BCUT2D eigenvalue weighted by Gasteiger charge is -2.34. The summed E-state index contributed by atoms with van der Waals surface area (Å²) in [5, 5.41) is 22.0. The SMILES string of the molecule is Cn1nc(NS(C)=O)c2c(Cl)ccc(-c3ccc(C#CC(C)(C)O)nc3[C@H](Cc3cc(F)cc(F)c3)NC(=O)Cn3nc(C(F)F)c4c3C(F)(F)[C@@H]3CC[C@H]43)c21. The third-order valence-electron chi connectivity index (χ3n) is 9.86. The lowest BCUT2D eigenvalue weighted by atomic mass is 9.73. The molecule has 18 heteroatoms. The number of hydrogen-bond acceptors (Lipinski definition) is 6. The van der Waals surface area contributed by atoms with Crippen LogP contribution in [0.4, 0.5) is 32.2 Å². The van der Waals surface area contributed by atoms with Crippen molar-refractivity contribution in [3.63, 3.8) is 0 Å². The van der Waals surface area contributed by atoms with Crippen LogP contribution < -0.4 is 10.0 Å². The first-order valence-corrected chi connectivity index (χ1v) is 19.3. The molecule has 3 aromatic heterocycles. The largest absolute Gasteiger partial charge is 0.378 e. The van der Waals surface area contributed by atoms with E-state index in [9.17, 15) is 31.7 Å². The number of alkyl halides is 4. The van der Waals surface area contributed by atoms with Gasteiger partial charge in [-0.15, -0.1) is 0 Å². The van der Waals surface area contributed by atoms with Gasteiger partial charge in [-0.3, -0.25) is 18.9 Å².